The van der Waals surface area contributed by atoms with Crippen LogP contribution in [0.4, 0.5) is 0 Å². The van der Waals surface area contributed by atoms with Crippen molar-refractivity contribution in [1.29, 1.82) is 0 Å². The third-order valence-electron chi connectivity index (χ3n) is 4.57. The van der Waals surface area contributed by atoms with Gasteiger partial charge in [0.1, 0.15) is 6.04 Å². The molecule has 6 nitrogen and oxygen atoms in total. The number of carbonyl (C=O) groups excluding carboxylic acids is 3. The van der Waals surface area contributed by atoms with Crippen molar-refractivity contribution in [2.24, 2.45) is 5.92 Å². The molecule has 0 radical (unpaired) electrons. The summed E-state index contributed by atoms with van der Waals surface area (Å²) in [5, 5.41) is 2.87. The van der Waals surface area contributed by atoms with Crippen molar-refractivity contribution in [1.82, 2.24) is 15.1 Å². The Morgan fingerprint density at radius 2 is 1.48 bits per heavy atom. The molecule has 2 rings (SSSR count). The standard InChI is InChI=1S/C19H27N3O3/c1-13(2)17(20-18(24)16-7-5-14(3)6-8-16)19(25)22-11-9-21(10-12-22)15(4)23/h5-8,13,17H,9-12H2,1-4H3,(H,20,24). The van der Waals surface area contributed by atoms with Gasteiger partial charge in [-0.3, -0.25) is 14.4 Å². The van der Waals surface area contributed by atoms with Crippen LogP contribution in [-0.4, -0.2) is 59.7 Å². The van der Waals surface area contributed by atoms with Crippen LogP contribution < -0.4 is 5.32 Å². The van der Waals surface area contributed by atoms with Gasteiger partial charge >= 0.3 is 0 Å². The molecule has 1 fully saturated rings. The minimum atomic E-state index is -0.572. The SMILES string of the molecule is CC(=O)N1CCN(C(=O)C(NC(=O)c2ccc(C)cc2)C(C)C)CC1. The van der Waals surface area contributed by atoms with Gasteiger partial charge in [0, 0.05) is 38.7 Å². The Labute approximate surface area is 149 Å². The molecule has 0 aromatic heterocycles. The van der Waals surface area contributed by atoms with Gasteiger partial charge in [0.25, 0.3) is 5.91 Å². The van der Waals surface area contributed by atoms with Crippen LogP contribution in [0.5, 0.6) is 0 Å². The van der Waals surface area contributed by atoms with Crippen LogP contribution in [0.2, 0.25) is 0 Å². The number of hydrogen-bond donors (Lipinski definition) is 1. The number of rotatable bonds is 4. The van der Waals surface area contributed by atoms with E-state index in [1.54, 1.807) is 21.9 Å². The number of aryl methyl sites for hydroxylation is 1. The van der Waals surface area contributed by atoms with Crippen molar-refractivity contribution < 1.29 is 14.4 Å². The maximum absolute atomic E-state index is 12.8. The van der Waals surface area contributed by atoms with Crippen LogP contribution in [-0.2, 0) is 9.59 Å². The second-order valence-corrected chi connectivity index (χ2v) is 6.89. The molecule has 1 saturated heterocycles. The first kappa shape index (κ1) is 19.0. The third-order valence-corrected chi connectivity index (χ3v) is 4.57. The first-order valence-electron chi connectivity index (χ1n) is 8.71. The highest BCUT2D eigenvalue weighted by Gasteiger charge is 2.31. The number of nitrogens with zero attached hydrogens (tertiary/aromatic N) is 2. The first-order valence-corrected chi connectivity index (χ1v) is 8.71. The normalized spacial score (nSPS) is 15.9. The molecule has 1 aliphatic heterocycles. The summed E-state index contributed by atoms with van der Waals surface area (Å²) in [6.45, 7) is 9.42. The van der Waals surface area contributed by atoms with Crippen LogP contribution in [0.3, 0.4) is 0 Å². The van der Waals surface area contributed by atoms with Crippen molar-refractivity contribution in [2.75, 3.05) is 26.2 Å². The number of amides is 3. The largest absolute Gasteiger partial charge is 0.340 e. The smallest absolute Gasteiger partial charge is 0.251 e. The summed E-state index contributed by atoms with van der Waals surface area (Å²) in [5.74, 6) is -0.319. The predicted molar refractivity (Wildman–Crippen MR) is 96.1 cm³/mol. The van der Waals surface area contributed by atoms with Gasteiger partial charge < -0.3 is 15.1 Å². The number of piperazine rings is 1. The van der Waals surface area contributed by atoms with E-state index in [1.165, 1.54) is 6.92 Å². The Balaban J connectivity index is 2.02. The lowest BCUT2D eigenvalue weighted by atomic mass is 10.0. The van der Waals surface area contributed by atoms with E-state index in [9.17, 15) is 14.4 Å². The summed E-state index contributed by atoms with van der Waals surface area (Å²) in [5.41, 5.74) is 1.63. The molecule has 1 heterocycles. The van der Waals surface area contributed by atoms with Gasteiger partial charge in [-0.25, -0.2) is 0 Å². The van der Waals surface area contributed by atoms with Gasteiger partial charge in [0.2, 0.25) is 11.8 Å². The Hall–Kier alpha value is -2.37. The molecule has 0 saturated carbocycles. The molecule has 0 bridgehead atoms. The molecule has 1 atom stereocenters. The van der Waals surface area contributed by atoms with Gasteiger partial charge in [-0.2, -0.15) is 0 Å². The van der Waals surface area contributed by atoms with Gasteiger partial charge in [0.05, 0.1) is 0 Å². The van der Waals surface area contributed by atoms with Crippen molar-refractivity contribution in [3.8, 4) is 0 Å². The summed E-state index contributed by atoms with van der Waals surface area (Å²) in [4.78, 5) is 40.2. The molecule has 6 heteroatoms. The molecule has 1 N–H and O–H groups in total. The molecule has 1 unspecified atom stereocenters. The maximum atomic E-state index is 12.8. The predicted octanol–water partition coefficient (Wildman–Crippen LogP) is 1.44. The van der Waals surface area contributed by atoms with Crippen molar-refractivity contribution in [3.05, 3.63) is 35.4 Å². The number of carbonyl (C=O) groups is 3. The summed E-state index contributed by atoms with van der Waals surface area (Å²) < 4.78 is 0. The quantitative estimate of drug-likeness (QED) is 0.898. The van der Waals surface area contributed by atoms with Crippen LogP contribution in [0, 0.1) is 12.8 Å². The van der Waals surface area contributed by atoms with Gasteiger partial charge in [0.15, 0.2) is 0 Å². The maximum Gasteiger partial charge on any atom is 0.251 e. The summed E-state index contributed by atoms with van der Waals surface area (Å²) >= 11 is 0. The first-order chi connectivity index (χ1) is 11.8. The summed E-state index contributed by atoms with van der Waals surface area (Å²) in [7, 11) is 0. The van der Waals surface area contributed by atoms with Gasteiger partial charge in [-0.1, -0.05) is 31.5 Å². The molecular formula is C19H27N3O3. The Morgan fingerprint density at radius 3 is 1.96 bits per heavy atom. The molecular weight excluding hydrogens is 318 g/mol. The van der Waals surface area contributed by atoms with E-state index in [0.717, 1.165) is 5.56 Å². The van der Waals surface area contributed by atoms with E-state index in [2.05, 4.69) is 5.32 Å². The van der Waals surface area contributed by atoms with Gasteiger partial charge in [-0.15, -0.1) is 0 Å². The lowest BCUT2D eigenvalue weighted by Gasteiger charge is -2.37. The monoisotopic (exact) mass is 345 g/mol. The molecule has 1 aliphatic rings. The fourth-order valence-electron chi connectivity index (χ4n) is 2.88. The highest BCUT2D eigenvalue weighted by Crippen LogP contribution is 2.11. The number of hydrogen-bond acceptors (Lipinski definition) is 3. The molecule has 1 aromatic carbocycles. The lowest BCUT2D eigenvalue weighted by Crippen LogP contribution is -2.57. The summed E-state index contributed by atoms with van der Waals surface area (Å²) in [6.07, 6.45) is 0. The van der Waals surface area contributed by atoms with Crippen LogP contribution in [0.15, 0.2) is 24.3 Å². The zero-order chi connectivity index (χ0) is 18.6. The fourth-order valence-corrected chi connectivity index (χ4v) is 2.88. The van der Waals surface area contributed by atoms with Crippen LogP contribution >= 0.6 is 0 Å². The molecule has 3 amide bonds. The third kappa shape index (κ3) is 4.81. The molecule has 25 heavy (non-hydrogen) atoms. The lowest BCUT2D eigenvalue weighted by molar-refractivity contribution is -0.140. The zero-order valence-electron chi connectivity index (χ0n) is 15.4. The van der Waals surface area contributed by atoms with E-state index in [1.807, 2.05) is 32.9 Å². The van der Waals surface area contributed by atoms with Gasteiger partial charge in [-0.05, 0) is 25.0 Å². The van der Waals surface area contributed by atoms with E-state index >= 15 is 0 Å². The average molecular weight is 345 g/mol. The Bertz CT molecular complexity index is 632. The van der Waals surface area contributed by atoms with Crippen molar-refractivity contribution in [2.45, 2.75) is 33.7 Å². The zero-order valence-corrected chi connectivity index (χ0v) is 15.4. The highest BCUT2D eigenvalue weighted by molar-refractivity contribution is 5.97. The Kier molecular flexibility index (Phi) is 6.17. The average Bonchev–Trinajstić information content (AvgIpc) is 2.59. The van der Waals surface area contributed by atoms with Crippen molar-refractivity contribution >= 4 is 17.7 Å². The minimum absolute atomic E-state index is 0.0206. The highest BCUT2D eigenvalue weighted by atomic mass is 16.2. The molecule has 0 spiro atoms. The second kappa shape index (κ2) is 8.14. The summed E-state index contributed by atoms with van der Waals surface area (Å²) in [6, 6.07) is 6.71. The van der Waals surface area contributed by atoms with Crippen LogP contribution in [0.25, 0.3) is 0 Å². The van der Waals surface area contributed by atoms with Crippen molar-refractivity contribution in [3.63, 3.8) is 0 Å². The molecule has 1 aromatic rings. The minimum Gasteiger partial charge on any atom is -0.340 e. The van der Waals surface area contributed by atoms with Crippen LogP contribution in [0.1, 0.15) is 36.7 Å². The van der Waals surface area contributed by atoms with E-state index < -0.39 is 6.04 Å². The van der Waals surface area contributed by atoms with E-state index in [-0.39, 0.29) is 23.6 Å². The van der Waals surface area contributed by atoms with E-state index in [0.29, 0.717) is 31.7 Å². The topological polar surface area (TPSA) is 69.7 Å². The number of nitrogens with one attached hydrogen (secondary N) is 1. The Morgan fingerprint density at radius 1 is 0.960 bits per heavy atom. The number of benzene rings is 1. The van der Waals surface area contributed by atoms with E-state index in [4.69, 9.17) is 0 Å². The second-order valence-electron chi connectivity index (χ2n) is 6.89. The molecule has 136 valence electrons. The molecule has 0 aliphatic carbocycles. The fraction of sp³-hybridized carbons (Fsp3) is 0.526.